The van der Waals surface area contributed by atoms with Crippen molar-refractivity contribution in [3.05, 3.63) is 58.7 Å². The van der Waals surface area contributed by atoms with Crippen molar-refractivity contribution in [2.45, 2.75) is 40.2 Å². The second-order valence-corrected chi connectivity index (χ2v) is 7.27. The lowest BCUT2D eigenvalue weighted by Crippen LogP contribution is -2.20. The normalized spacial score (nSPS) is 11.3. The van der Waals surface area contributed by atoms with E-state index in [1.807, 2.05) is 0 Å². The zero-order valence-electron chi connectivity index (χ0n) is 14.1. The summed E-state index contributed by atoms with van der Waals surface area (Å²) in [6, 6.07) is 13.0. The first-order valence-corrected chi connectivity index (χ1v) is 8.80. The second kappa shape index (κ2) is 6.69. The van der Waals surface area contributed by atoms with Crippen LogP contribution in [0.15, 0.2) is 36.4 Å². The van der Waals surface area contributed by atoms with Crippen LogP contribution in [0.4, 0.5) is 5.13 Å². The predicted molar refractivity (Wildman–Crippen MR) is 100 cm³/mol. The number of aryl methyl sites for hydroxylation is 2. The van der Waals surface area contributed by atoms with Gasteiger partial charge in [-0.2, -0.15) is 0 Å². The van der Waals surface area contributed by atoms with E-state index in [-0.39, 0.29) is 0 Å². The van der Waals surface area contributed by atoms with Gasteiger partial charge in [-0.05, 0) is 42.0 Å². The van der Waals surface area contributed by atoms with E-state index in [1.165, 1.54) is 27.0 Å². The molecule has 4 heteroatoms. The lowest BCUT2D eigenvalue weighted by Gasteiger charge is -2.08. The van der Waals surface area contributed by atoms with Crippen LogP contribution < -0.4 is 10.9 Å². The Morgan fingerprint density at radius 1 is 1.00 bits per heavy atom. The van der Waals surface area contributed by atoms with Gasteiger partial charge in [-0.25, -0.2) is 10.4 Å². The average molecular weight is 325 g/mol. The Balaban J connectivity index is 1.64. The molecule has 0 amide bonds. The van der Waals surface area contributed by atoms with Gasteiger partial charge in [0.1, 0.15) is 0 Å². The quantitative estimate of drug-likeness (QED) is 0.637. The lowest BCUT2D eigenvalue weighted by molar-refractivity contribution is 0.796. The van der Waals surface area contributed by atoms with Crippen LogP contribution in [0.25, 0.3) is 10.2 Å². The Morgan fingerprint density at radius 2 is 1.70 bits per heavy atom. The van der Waals surface area contributed by atoms with E-state index < -0.39 is 0 Å². The molecule has 1 heterocycles. The number of benzene rings is 2. The van der Waals surface area contributed by atoms with Crippen molar-refractivity contribution >= 4 is 26.7 Å². The maximum absolute atomic E-state index is 4.69. The molecule has 0 aliphatic carbocycles. The highest BCUT2D eigenvalue weighted by molar-refractivity contribution is 7.22. The van der Waals surface area contributed by atoms with E-state index >= 15 is 0 Å². The number of hydrogen-bond donors (Lipinski definition) is 2. The summed E-state index contributed by atoms with van der Waals surface area (Å²) < 4.78 is 1.26. The largest absolute Gasteiger partial charge is 0.297 e. The van der Waals surface area contributed by atoms with E-state index in [0.717, 1.165) is 17.2 Å². The van der Waals surface area contributed by atoms with Crippen molar-refractivity contribution in [2.75, 3.05) is 5.43 Å². The summed E-state index contributed by atoms with van der Waals surface area (Å²) in [7, 11) is 0. The van der Waals surface area contributed by atoms with Gasteiger partial charge in [-0.3, -0.25) is 5.43 Å². The van der Waals surface area contributed by atoms with Gasteiger partial charge in [0, 0.05) is 6.54 Å². The average Bonchev–Trinajstić information content (AvgIpc) is 2.97. The van der Waals surface area contributed by atoms with Crippen molar-refractivity contribution in [2.24, 2.45) is 0 Å². The summed E-state index contributed by atoms with van der Waals surface area (Å²) in [5.74, 6) is 0.573. The van der Waals surface area contributed by atoms with Gasteiger partial charge in [-0.1, -0.05) is 61.6 Å². The molecule has 0 radical (unpaired) electrons. The standard InChI is InChI=1S/C19H23N3S/c1-12(2)16-9-7-15(8-10-16)11-20-22-19-21-17-13(3)5-6-14(4)18(17)23-19/h5-10,12,20H,11H2,1-4H3,(H,21,22). The fourth-order valence-corrected chi connectivity index (χ4v) is 3.54. The minimum atomic E-state index is 0.573. The number of rotatable bonds is 5. The summed E-state index contributed by atoms with van der Waals surface area (Å²) in [4.78, 5) is 4.69. The molecule has 0 aliphatic rings. The Labute approximate surface area is 141 Å². The first-order valence-electron chi connectivity index (χ1n) is 7.99. The number of hydrogen-bond acceptors (Lipinski definition) is 4. The van der Waals surface area contributed by atoms with E-state index in [1.54, 1.807) is 11.3 Å². The van der Waals surface area contributed by atoms with Crippen molar-refractivity contribution in [3.8, 4) is 0 Å². The van der Waals surface area contributed by atoms with Crippen molar-refractivity contribution in [1.82, 2.24) is 10.4 Å². The van der Waals surface area contributed by atoms with Gasteiger partial charge in [0.2, 0.25) is 0 Å². The third-order valence-electron chi connectivity index (χ3n) is 4.08. The maximum atomic E-state index is 4.69. The number of aromatic nitrogens is 1. The molecule has 2 N–H and O–H groups in total. The smallest absolute Gasteiger partial charge is 0.198 e. The van der Waals surface area contributed by atoms with Crippen LogP contribution in [-0.4, -0.2) is 4.98 Å². The topological polar surface area (TPSA) is 37.0 Å². The van der Waals surface area contributed by atoms with E-state index in [0.29, 0.717) is 5.92 Å². The Bertz CT molecular complexity index is 764. The van der Waals surface area contributed by atoms with Crippen LogP contribution in [0.1, 0.15) is 42.0 Å². The monoisotopic (exact) mass is 325 g/mol. The van der Waals surface area contributed by atoms with Gasteiger partial charge in [-0.15, -0.1) is 0 Å². The fraction of sp³-hybridized carbons (Fsp3) is 0.316. The summed E-state index contributed by atoms with van der Waals surface area (Å²) in [6.07, 6.45) is 0. The molecule has 1 aromatic heterocycles. The van der Waals surface area contributed by atoms with E-state index in [9.17, 15) is 0 Å². The molecule has 0 saturated carbocycles. The Morgan fingerprint density at radius 3 is 2.35 bits per heavy atom. The second-order valence-electron chi connectivity index (χ2n) is 6.27. The summed E-state index contributed by atoms with van der Waals surface area (Å²) in [5.41, 5.74) is 12.7. The molecule has 3 nitrogen and oxygen atoms in total. The predicted octanol–water partition coefficient (Wildman–Crippen LogP) is 5.15. The summed E-state index contributed by atoms with van der Waals surface area (Å²) >= 11 is 1.69. The fourth-order valence-electron chi connectivity index (χ4n) is 2.56. The van der Waals surface area contributed by atoms with Crippen molar-refractivity contribution < 1.29 is 0 Å². The molecule has 0 saturated heterocycles. The number of anilines is 1. The van der Waals surface area contributed by atoms with Crippen LogP contribution in [0, 0.1) is 13.8 Å². The van der Waals surface area contributed by atoms with Crippen LogP contribution in [0.5, 0.6) is 0 Å². The first kappa shape index (κ1) is 16.0. The molecule has 3 aromatic rings. The number of nitrogens with zero attached hydrogens (tertiary/aromatic N) is 1. The van der Waals surface area contributed by atoms with Crippen LogP contribution in [0.3, 0.4) is 0 Å². The molecule has 2 aromatic carbocycles. The zero-order valence-corrected chi connectivity index (χ0v) is 14.9. The molecular formula is C19H23N3S. The number of hydrazine groups is 1. The van der Waals surface area contributed by atoms with Gasteiger partial charge < -0.3 is 0 Å². The number of nitrogens with one attached hydrogen (secondary N) is 2. The minimum absolute atomic E-state index is 0.573. The van der Waals surface area contributed by atoms with Gasteiger partial charge in [0.25, 0.3) is 0 Å². The number of fused-ring (bicyclic) bond motifs is 1. The van der Waals surface area contributed by atoms with E-state index in [4.69, 9.17) is 0 Å². The van der Waals surface area contributed by atoms with Gasteiger partial charge in [0.05, 0.1) is 10.2 Å². The molecule has 0 atom stereocenters. The molecular weight excluding hydrogens is 302 g/mol. The van der Waals surface area contributed by atoms with Gasteiger partial charge in [0.15, 0.2) is 5.13 Å². The van der Waals surface area contributed by atoms with E-state index in [2.05, 4.69) is 79.9 Å². The molecule has 3 rings (SSSR count). The van der Waals surface area contributed by atoms with Crippen LogP contribution in [-0.2, 0) is 6.54 Å². The highest BCUT2D eigenvalue weighted by Crippen LogP contribution is 2.30. The Hall–Kier alpha value is -1.91. The summed E-state index contributed by atoms with van der Waals surface area (Å²) in [5, 5.41) is 0.913. The zero-order chi connectivity index (χ0) is 16.4. The SMILES string of the molecule is Cc1ccc(C)c2sc(NNCc3ccc(C(C)C)cc3)nc12. The molecule has 0 unspecified atom stereocenters. The Kier molecular flexibility index (Phi) is 4.64. The lowest BCUT2D eigenvalue weighted by atomic mass is 10.0. The minimum Gasteiger partial charge on any atom is -0.297 e. The third kappa shape index (κ3) is 3.54. The maximum Gasteiger partial charge on any atom is 0.198 e. The van der Waals surface area contributed by atoms with Crippen LogP contribution >= 0.6 is 11.3 Å². The highest BCUT2D eigenvalue weighted by Gasteiger charge is 2.08. The molecule has 0 fully saturated rings. The van der Waals surface area contributed by atoms with Crippen LogP contribution in [0.2, 0.25) is 0 Å². The molecule has 0 aliphatic heterocycles. The van der Waals surface area contributed by atoms with Crippen molar-refractivity contribution in [1.29, 1.82) is 0 Å². The highest BCUT2D eigenvalue weighted by atomic mass is 32.1. The first-order chi connectivity index (χ1) is 11.0. The van der Waals surface area contributed by atoms with Crippen molar-refractivity contribution in [3.63, 3.8) is 0 Å². The number of thiazole rings is 1. The molecule has 23 heavy (non-hydrogen) atoms. The van der Waals surface area contributed by atoms with Gasteiger partial charge >= 0.3 is 0 Å². The molecule has 0 spiro atoms. The molecule has 120 valence electrons. The summed E-state index contributed by atoms with van der Waals surface area (Å²) in [6.45, 7) is 9.44. The molecule has 0 bridgehead atoms. The third-order valence-corrected chi connectivity index (χ3v) is 5.18.